The minimum atomic E-state index is 0. The molecular formula is C13H27Cl2N3O2. The molecule has 2 saturated heterocycles. The van der Waals surface area contributed by atoms with E-state index in [0.29, 0.717) is 6.04 Å². The molecule has 120 valence electrons. The second-order valence-corrected chi connectivity index (χ2v) is 5.38. The van der Waals surface area contributed by atoms with Gasteiger partial charge in [0.1, 0.15) is 0 Å². The number of halogens is 2. The number of ether oxygens (including phenoxy) is 1. The first kappa shape index (κ1) is 19.9. The van der Waals surface area contributed by atoms with Crippen molar-refractivity contribution in [1.29, 1.82) is 0 Å². The Morgan fingerprint density at radius 2 is 1.95 bits per heavy atom. The third-order valence-corrected chi connectivity index (χ3v) is 4.15. The van der Waals surface area contributed by atoms with E-state index in [1.807, 2.05) is 0 Å². The van der Waals surface area contributed by atoms with Gasteiger partial charge < -0.3 is 15.4 Å². The Labute approximate surface area is 134 Å². The van der Waals surface area contributed by atoms with Gasteiger partial charge in [0.15, 0.2) is 0 Å². The number of hydrogen-bond acceptors (Lipinski definition) is 4. The van der Waals surface area contributed by atoms with E-state index in [0.717, 1.165) is 45.8 Å². The molecular weight excluding hydrogens is 301 g/mol. The number of amides is 1. The van der Waals surface area contributed by atoms with Gasteiger partial charge in [-0.15, -0.1) is 24.8 Å². The van der Waals surface area contributed by atoms with Crippen molar-refractivity contribution in [2.24, 2.45) is 5.92 Å². The largest absolute Gasteiger partial charge is 0.379 e. The summed E-state index contributed by atoms with van der Waals surface area (Å²) in [6.07, 6.45) is 0.963. The minimum Gasteiger partial charge on any atom is -0.379 e. The Morgan fingerprint density at radius 1 is 1.30 bits per heavy atom. The van der Waals surface area contributed by atoms with Crippen molar-refractivity contribution in [3.05, 3.63) is 0 Å². The predicted molar refractivity (Wildman–Crippen MR) is 84.9 cm³/mol. The number of carbonyl (C=O) groups excluding carboxylic acids is 1. The zero-order valence-corrected chi connectivity index (χ0v) is 13.9. The van der Waals surface area contributed by atoms with Gasteiger partial charge in [0, 0.05) is 31.7 Å². The summed E-state index contributed by atoms with van der Waals surface area (Å²) in [5, 5.41) is 6.39. The van der Waals surface area contributed by atoms with Gasteiger partial charge in [0.25, 0.3) is 0 Å². The third kappa shape index (κ3) is 5.37. The first-order valence-electron chi connectivity index (χ1n) is 7.01. The zero-order valence-electron chi connectivity index (χ0n) is 12.3. The van der Waals surface area contributed by atoms with Crippen molar-refractivity contribution in [3.8, 4) is 0 Å². The van der Waals surface area contributed by atoms with E-state index in [-0.39, 0.29) is 42.7 Å². The SMILES string of the molecule is CC(NC(=O)C1CCNC1)C(C)N1CCOCC1.Cl.Cl. The first-order chi connectivity index (χ1) is 8.68. The second-order valence-electron chi connectivity index (χ2n) is 5.38. The summed E-state index contributed by atoms with van der Waals surface area (Å²) in [6, 6.07) is 0.559. The summed E-state index contributed by atoms with van der Waals surface area (Å²) in [4.78, 5) is 14.4. The Bertz CT molecular complexity index is 283. The van der Waals surface area contributed by atoms with Crippen molar-refractivity contribution in [2.75, 3.05) is 39.4 Å². The molecule has 0 aromatic rings. The maximum atomic E-state index is 12.0. The van der Waals surface area contributed by atoms with Gasteiger partial charge in [-0.05, 0) is 26.8 Å². The van der Waals surface area contributed by atoms with E-state index in [1.54, 1.807) is 0 Å². The third-order valence-electron chi connectivity index (χ3n) is 4.15. The van der Waals surface area contributed by atoms with Gasteiger partial charge in [0.2, 0.25) is 5.91 Å². The summed E-state index contributed by atoms with van der Waals surface area (Å²) in [5.74, 6) is 0.358. The lowest BCUT2D eigenvalue weighted by atomic mass is 10.1. The van der Waals surface area contributed by atoms with E-state index in [4.69, 9.17) is 4.74 Å². The summed E-state index contributed by atoms with van der Waals surface area (Å²) < 4.78 is 5.35. The van der Waals surface area contributed by atoms with Crippen LogP contribution in [0.4, 0.5) is 0 Å². The van der Waals surface area contributed by atoms with Crippen molar-refractivity contribution in [3.63, 3.8) is 0 Å². The molecule has 2 N–H and O–H groups in total. The molecule has 0 aromatic heterocycles. The fraction of sp³-hybridized carbons (Fsp3) is 0.923. The molecule has 0 aliphatic carbocycles. The van der Waals surface area contributed by atoms with Gasteiger partial charge in [-0.1, -0.05) is 0 Å². The molecule has 0 bridgehead atoms. The van der Waals surface area contributed by atoms with Crippen LogP contribution in [-0.4, -0.2) is 62.3 Å². The average Bonchev–Trinajstić information content (AvgIpc) is 2.92. The summed E-state index contributed by atoms with van der Waals surface area (Å²) in [6.45, 7) is 9.60. The molecule has 3 atom stereocenters. The highest BCUT2D eigenvalue weighted by Crippen LogP contribution is 2.11. The fourth-order valence-electron chi connectivity index (χ4n) is 2.64. The van der Waals surface area contributed by atoms with Crippen LogP contribution in [0.25, 0.3) is 0 Å². The smallest absolute Gasteiger partial charge is 0.224 e. The molecule has 2 aliphatic rings. The van der Waals surface area contributed by atoms with Crippen LogP contribution in [0.5, 0.6) is 0 Å². The fourth-order valence-corrected chi connectivity index (χ4v) is 2.64. The van der Waals surface area contributed by atoms with Crippen LogP contribution in [0, 0.1) is 5.92 Å². The van der Waals surface area contributed by atoms with Gasteiger partial charge in [0.05, 0.1) is 19.1 Å². The van der Waals surface area contributed by atoms with Crippen LogP contribution < -0.4 is 10.6 Å². The minimum absolute atomic E-state index is 0. The summed E-state index contributed by atoms with van der Waals surface area (Å²) >= 11 is 0. The average molecular weight is 328 g/mol. The molecule has 0 aromatic carbocycles. The molecule has 2 fully saturated rings. The Morgan fingerprint density at radius 3 is 2.50 bits per heavy atom. The Balaban J connectivity index is 0.00000180. The van der Waals surface area contributed by atoms with Crippen molar-refractivity contribution in [1.82, 2.24) is 15.5 Å². The van der Waals surface area contributed by atoms with Crippen molar-refractivity contribution in [2.45, 2.75) is 32.4 Å². The zero-order chi connectivity index (χ0) is 13.0. The number of nitrogens with one attached hydrogen (secondary N) is 2. The van der Waals surface area contributed by atoms with Gasteiger partial charge >= 0.3 is 0 Å². The molecule has 7 heteroatoms. The van der Waals surface area contributed by atoms with Crippen molar-refractivity contribution >= 4 is 30.7 Å². The standard InChI is InChI=1S/C13H25N3O2.2ClH/c1-10(11(2)16-5-7-18-8-6-16)15-13(17)12-3-4-14-9-12;;/h10-12,14H,3-9H2,1-2H3,(H,15,17);2*1H. The highest BCUT2D eigenvalue weighted by molar-refractivity contribution is 5.85. The lowest BCUT2D eigenvalue weighted by Crippen LogP contribution is -2.53. The Kier molecular flexibility index (Phi) is 9.76. The van der Waals surface area contributed by atoms with E-state index in [1.165, 1.54) is 0 Å². The molecule has 0 saturated carbocycles. The molecule has 2 heterocycles. The van der Waals surface area contributed by atoms with E-state index >= 15 is 0 Å². The molecule has 5 nitrogen and oxygen atoms in total. The van der Waals surface area contributed by atoms with Crippen LogP contribution in [0.15, 0.2) is 0 Å². The lowest BCUT2D eigenvalue weighted by Gasteiger charge is -2.36. The maximum absolute atomic E-state index is 12.0. The number of morpholine rings is 1. The topological polar surface area (TPSA) is 53.6 Å². The summed E-state index contributed by atoms with van der Waals surface area (Å²) in [5.41, 5.74) is 0. The lowest BCUT2D eigenvalue weighted by molar-refractivity contribution is -0.125. The molecule has 2 rings (SSSR count). The van der Waals surface area contributed by atoms with Gasteiger partial charge in [-0.25, -0.2) is 0 Å². The summed E-state index contributed by atoms with van der Waals surface area (Å²) in [7, 11) is 0. The van der Waals surface area contributed by atoms with E-state index in [9.17, 15) is 4.79 Å². The van der Waals surface area contributed by atoms with Crippen LogP contribution in [0.3, 0.4) is 0 Å². The van der Waals surface area contributed by atoms with Gasteiger partial charge in [-0.2, -0.15) is 0 Å². The molecule has 1 amide bonds. The molecule has 0 radical (unpaired) electrons. The number of hydrogen-bond donors (Lipinski definition) is 2. The van der Waals surface area contributed by atoms with Crippen LogP contribution in [0.1, 0.15) is 20.3 Å². The van der Waals surface area contributed by atoms with Crippen LogP contribution >= 0.6 is 24.8 Å². The van der Waals surface area contributed by atoms with Crippen molar-refractivity contribution < 1.29 is 9.53 Å². The highest BCUT2D eigenvalue weighted by Gasteiger charge is 2.27. The monoisotopic (exact) mass is 327 g/mol. The number of nitrogens with zero attached hydrogens (tertiary/aromatic N) is 1. The van der Waals surface area contributed by atoms with E-state index in [2.05, 4.69) is 29.4 Å². The number of rotatable bonds is 4. The van der Waals surface area contributed by atoms with Crippen LogP contribution in [0.2, 0.25) is 0 Å². The number of carbonyl (C=O) groups is 1. The maximum Gasteiger partial charge on any atom is 0.224 e. The second kappa shape index (κ2) is 9.79. The molecule has 3 unspecified atom stereocenters. The van der Waals surface area contributed by atoms with E-state index < -0.39 is 0 Å². The molecule has 0 spiro atoms. The normalized spacial score (nSPS) is 26.0. The molecule has 20 heavy (non-hydrogen) atoms. The highest BCUT2D eigenvalue weighted by atomic mass is 35.5. The molecule has 2 aliphatic heterocycles. The van der Waals surface area contributed by atoms with Gasteiger partial charge in [-0.3, -0.25) is 9.69 Å². The predicted octanol–water partition coefficient (Wildman–Crippen LogP) is 0.665. The first-order valence-corrected chi connectivity index (χ1v) is 7.01. The Hall–Kier alpha value is -0.0700. The van der Waals surface area contributed by atoms with Crippen LogP contribution in [-0.2, 0) is 9.53 Å². The quantitative estimate of drug-likeness (QED) is 0.796.